The molecular formula is C26H33B3N8O5S. The van der Waals surface area contributed by atoms with Gasteiger partial charge in [-0.3, -0.25) is 19.2 Å². The van der Waals surface area contributed by atoms with Crippen LogP contribution in [-0.2, 0) is 9.59 Å². The third-order valence-electron chi connectivity index (χ3n) is 6.20. The topological polar surface area (TPSA) is 176 Å². The quantitative estimate of drug-likeness (QED) is 0.124. The highest BCUT2D eigenvalue weighted by atomic mass is 32.1. The van der Waals surface area contributed by atoms with Crippen molar-refractivity contribution in [1.29, 1.82) is 0 Å². The number of anilines is 3. The molecule has 0 atom stereocenters. The number of hydrogen-bond acceptors (Lipinski definition) is 10. The van der Waals surface area contributed by atoms with Crippen LogP contribution in [-0.4, -0.2) is 87.8 Å². The Hall–Kier alpha value is -4.40. The summed E-state index contributed by atoms with van der Waals surface area (Å²) in [5.41, 5.74) is 1.48. The Labute approximate surface area is 256 Å². The number of aromatic nitrogens is 3. The zero-order valence-corrected chi connectivity index (χ0v) is 25.6. The number of para-hydroxylation sites is 1. The van der Waals surface area contributed by atoms with Crippen molar-refractivity contribution in [2.24, 2.45) is 5.92 Å². The number of ether oxygens (including phenoxy) is 1. The number of benzene rings is 1. The predicted molar refractivity (Wildman–Crippen MR) is 172 cm³/mol. The lowest BCUT2D eigenvalue weighted by Crippen LogP contribution is -2.50. The number of nitrogens with one attached hydrogen (secondary N) is 5. The molecule has 0 unspecified atom stereocenters. The maximum absolute atomic E-state index is 13.1. The normalized spacial score (nSPS) is 12.6. The van der Waals surface area contributed by atoms with E-state index in [-0.39, 0.29) is 41.7 Å². The van der Waals surface area contributed by atoms with Crippen molar-refractivity contribution in [3.63, 3.8) is 0 Å². The van der Waals surface area contributed by atoms with E-state index in [4.69, 9.17) is 4.74 Å². The number of rotatable bonds is 13. The van der Waals surface area contributed by atoms with E-state index < -0.39 is 11.1 Å². The largest absolute Gasteiger partial charge is 0.494 e. The van der Waals surface area contributed by atoms with Gasteiger partial charge in [0.2, 0.25) is 11.8 Å². The number of hydrogen-bond donors (Lipinski definition) is 5. The Morgan fingerprint density at radius 1 is 1.05 bits per heavy atom. The first kappa shape index (κ1) is 31.5. The Balaban J connectivity index is 1.59. The zero-order valence-electron chi connectivity index (χ0n) is 24.8. The van der Waals surface area contributed by atoms with Gasteiger partial charge < -0.3 is 31.3 Å². The fourth-order valence-electron chi connectivity index (χ4n) is 3.95. The molecule has 0 saturated heterocycles. The predicted octanol–water partition coefficient (Wildman–Crippen LogP) is -0.803. The van der Waals surface area contributed by atoms with Gasteiger partial charge in [0, 0.05) is 31.5 Å². The SMILES string of the molecule is BC(B)(B)NC(=O)c1nnc(NC(=O)C2CC2)cc1Nc1cccc(-c2ncc(C(=O)NCCNC(=O)CC)s2)c1OC. The molecule has 222 valence electrons. The van der Waals surface area contributed by atoms with E-state index in [1.807, 2.05) is 29.6 Å². The van der Waals surface area contributed by atoms with E-state index in [1.54, 1.807) is 25.1 Å². The highest BCUT2D eigenvalue weighted by molar-refractivity contribution is 7.17. The number of carbonyl (C=O) groups excluding carboxylic acids is 4. The summed E-state index contributed by atoms with van der Waals surface area (Å²) < 4.78 is 5.76. The van der Waals surface area contributed by atoms with E-state index in [0.29, 0.717) is 45.5 Å². The van der Waals surface area contributed by atoms with Gasteiger partial charge in [-0.1, -0.05) is 13.0 Å². The van der Waals surface area contributed by atoms with Crippen LogP contribution in [0.4, 0.5) is 17.2 Å². The van der Waals surface area contributed by atoms with Gasteiger partial charge in [-0.15, -0.1) is 21.5 Å². The Morgan fingerprint density at radius 3 is 2.47 bits per heavy atom. The van der Waals surface area contributed by atoms with Crippen LogP contribution in [0.15, 0.2) is 30.5 Å². The van der Waals surface area contributed by atoms with Crippen molar-refractivity contribution in [2.45, 2.75) is 31.4 Å². The standard InChI is InChI=1S/C26H33B3N8O5S/c1-3-19(38)30-9-10-31-23(40)17-12-32-25(43-17)14-5-4-6-15(21(14)42-2)33-16-11-18(34-22(39)13-7-8-13)36-37-20(16)24(41)35-26(27,28)29/h4-6,11-13H,3,7-10,27-29H2,1-2H3,(H,30,38)(H,31,40)(H,35,41)(H2,33,34,36,39). The molecule has 1 fully saturated rings. The lowest BCUT2D eigenvalue weighted by atomic mass is 9.49. The second-order valence-corrected chi connectivity index (χ2v) is 12.0. The summed E-state index contributed by atoms with van der Waals surface area (Å²) in [6.07, 6.45) is 3.52. The minimum atomic E-state index is -0.523. The highest BCUT2D eigenvalue weighted by Crippen LogP contribution is 2.40. The zero-order chi connectivity index (χ0) is 31.1. The van der Waals surface area contributed by atoms with E-state index >= 15 is 0 Å². The highest BCUT2D eigenvalue weighted by Gasteiger charge is 2.30. The molecule has 4 amide bonds. The molecule has 0 radical (unpaired) electrons. The smallest absolute Gasteiger partial charge is 0.272 e. The monoisotopic (exact) mass is 602 g/mol. The average molecular weight is 602 g/mol. The minimum Gasteiger partial charge on any atom is -0.494 e. The van der Waals surface area contributed by atoms with Crippen LogP contribution in [0.25, 0.3) is 10.6 Å². The van der Waals surface area contributed by atoms with Crippen molar-refractivity contribution in [2.75, 3.05) is 30.8 Å². The molecule has 43 heavy (non-hydrogen) atoms. The molecule has 2 aromatic heterocycles. The van der Waals surface area contributed by atoms with Crippen molar-refractivity contribution in [3.05, 3.63) is 41.0 Å². The van der Waals surface area contributed by atoms with Crippen LogP contribution in [0.5, 0.6) is 5.75 Å². The number of carbonyl (C=O) groups is 4. The molecule has 1 aromatic carbocycles. The number of methoxy groups -OCH3 is 1. The molecular weight excluding hydrogens is 569 g/mol. The molecule has 0 aliphatic heterocycles. The molecule has 4 rings (SSSR count). The number of amides is 4. The van der Waals surface area contributed by atoms with Crippen LogP contribution < -0.4 is 31.3 Å². The van der Waals surface area contributed by atoms with Gasteiger partial charge in [-0.05, 0) is 30.2 Å². The Bertz CT molecular complexity index is 1530. The lowest BCUT2D eigenvalue weighted by Gasteiger charge is -2.22. The molecule has 1 saturated carbocycles. The van der Waals surface area contributed by atoms with Crippen LogP contribution >= 0.6 is 11.3 Å². The number of nitrogens with zero attached hydrogens (tertiary/aromatic N) is 3. The molecule has 1 aliphatic rings. The molecule has 2 heterocycles. The van der Waals surface area contributed by atoms with E-state index in [2.05, 4.69) is 41.8 Å². The molecule has 3 aromatic rings. The fraction of sp³-hybridized carbons (Fsp3) is 0.346. The summed E-state index contributed by atoms with van der Waals surface area (Å²) in [5, 5.41) is 22.6. The van der Waals surface area contributed by atoms with Gasteiger partial charge in [0.1, 0.15) is 33.4 Å². The van der Waals surface area contributed by atoms with Crippen molar-refractivity contribution in [3.8, 4) is 16.3 Å². The molecule has 0 spiro atoms. The van der Waals surface area contributed by atoms with E-state index in [1.165, 1.54) is 24.6 Å². The third-order valence-corrected chi connectivity index (χ3v) is 7.23. The Kier molecular flexibility index (Phi) is 10.1. The molecule has 0 bridgehead atoms. The molecule has 1 aliphatic carbocycles. The van der Waals surface area contributed by atoms with Gasteiger partial charge in [0.25, 0.3) is 11.8 Å². The molecule has 17 heteroatoms. The first-order valence-electron chi connectivity index (χ1n) is 13.9. The van der Waals surface area contributed by atoms with Crippen LogP contribution in [0.2, 0.25) is 0 Å². The summed E-state index contributed by atoms with van der Waals surface area (Å²) >= 11 is 1.19. The fourth-order valence-corrected chi connectivity index (χ4v) is 4.81. The summed E-state index contributed by atoms with van der Waals surface area (Å²) in [4.78, 5) is 54.4. The van der Waals surface area contributed by atoms with Crippen molar-refractivity contribution >= 4 is 75.7 Å². The Morgan fingerprint density at radius 2 is 1.79 bits per heavy atom. The first-order chi connectivity index (χ1) is 20.5. The van der Waals surface area contributed by atoms with E-state index in [9.17, 15) is 19.2 Å². The molecule has 13 nitrogen and oxygen atoms in total. The van der Waals surface area contributed by atoms with Crippen LogP contribution in [0.1, 0.15) is 46.3 Å². The van der Waals surface area contributed by atoms with Gasteiger partial charge in [-0.25, -0.2) is 4.98 Å². The molecule has 5 N–H and O–H groups in total. The summed E-state index contributed by atoms with van der Waals surface area (Å²) in [6.45, 7) is 2.38. The summed E-state index contributed by atoms with van der Waals surface area (Å²) in [6, 6.07) is 6.93. The number of thiazole rings is 1. The van der Waals surface area contributed by atoms with Crippen molar-refractivity contribution in [1.82, 2.24) is 31.1 Å². The summed E-state index contributed by atoms with van der Waals surface area (Å²) in [7, 11) is 7.08. The van der Waals surface area contributed by atoms with Crippen molar-refractivity contribution < 1.29 is 23.9 Å². The maximum atomic E-state index is 13.1. The van der Waals surface area contributed by atoms with Crippen LogP contribution in [0.3, 0.4) is 0 Å². The second-order valence-electron chi connectivity index (χ2n) is 11.0. The van der Waals surface area contributed by atoms with Gasteiger partial charge >= 0.3 is 0 Å². The van der Waals surface area contributed by atoms with Gasteiger partial charge in [0.05, 0.1) is 30.2 Å². The lowest BCUT2D eigenvalue weighted by molar-refractivity contribution is -0.120. The summed E-state index contributed by atoms with van der Waals surface area (Å²) in [5.74, 6) is -0.366. The third kappa shape index (κ3) is 8.56. The van der Waals surface area contributed by atoms with E-state index in [0.717, 1.165) is 12.8 Å². The minimum absolute atomic E-state index is 0.0361. The van der Waals surface area contributed by atoms with Gasteiger partial charge in [0.15, 0.2) is 17.3 Å². The second kappa shape index (κ2) is 13.7. The van der Waals surface area contributed by atoms with Crippen LogP contribution in [0, 0.1) is 5.92 Å². The average Bonchev–Trinajstić information content (AvgIpc) is 3.70. The van der Waals surface area contributed by atoms with Gasteiger partial charge in [-0.2, -0.15) is 0 Å². The maximum Gasteiger partial charge on any atom is 0.272 e. The first-order valence-corrected chi connectivity index (χ1v) is 14.8.